The molecule has 0 aliphatic rings. The highest BCUT2D eigenvalue weighted by Crippen LogP contribution is 2.29. The highest BCUT2D eigenvalue weighted by atomic mass is 127. The maximum atomic E-state index is 5.80. The van der Waals surface area contributed by atoms with Crippen molar-refractivity contribution in [2.24, 2.45) is 5.41 Å². The van der Waals surface area contributed by atoms with Gasteiger partial charge in [0.1, 0.15) is 11.5 Å². The van der Waals surface area contributed by atoms with Gasteiger partial charge in [-0.25, -0.2) is 0 Å². The molecule has 0 fully saturated rings. The molecule has 3 heteroatoms. The molecule has 0 heterocycles. The lowest BCUT2D eigenvalue weighted by atomic mass is 9.95. The molecule has 0 spiro atoms. The number of ether oxygens (including phenoxy) is 1. The van der Waals surface area contributed by atoms with Crippen LogP contribution in [0.4, 0.5) is 0 Å². The van der Waals surface area contributed by atoms with Crippen molar-refractivity contribution in [2.45, 2.75) is 20.8 Å². The van der Waals surface area contributed by atoms with Crippen LogP contribution in [0.5, 0.6) is 5.75 Å². The fraction of sp³-hybridized carbons (Fsp3) is 0.333. The first-order valence-electron chi connectivity index (χ1n) is 4.68. The summed E-state index contributed by atoms with van der Waals surface area (Å²) in [5.41, 5.74) is 0.0147. The molecule has 0 aliphatic heterocycles. The molecule has 1 aromatic rings. The topological polar surface area (TPSA) is 9.23 Å². The zero-order valence-electron chi connectivity index (χ0n) is 9.05. The number of hydrogen-bond acceptors (Lipinski definition) is 1. The number of allylic oxidation sites excluding steroid dienone is 1. The summed E-state index contributed by atoms with van der Waals surface area (Å²) >= 11 is 8.00. The third kappa shape index (κ3) is 4.03. The van der Waals surface area contributed by atoms with Gasteiger partial charge in [0.15, 0.2) is 0 Å². The highest BCUT2D eigenvalue weighted by molar-refractivity contribution is 14.1. The van der Waals surface area contributed by atoms with E-state index in [9.17, 15) is 0 Å². The van der Waals surface area contributed by atoms with E-state index in [0.717, 1.165) is 16.5 Å². The van der Waals surface area contributed by atoms with Gasteiger partial charge in [0, 0.05) is 14.5 Å². The van der Waals surface area contributed by atoms with Crippen molar-refractivity contribution < 1.29 is 4.74 Å². The Morgan fingerprint density at radius 2 is 1.80 bits per heavy atom. The minimum Gasteiger partial charge on any atom is -0.461 e. The summed E-state index contributed by atoms with van der Waals surface area (Å²) in [6, 6.07) is 7.39. The molecule has 0 amide bonds. The number of rotatable bonds is 2. The lowest BCUT2D eigenvalue weighted by molar-refractivity contribution is 0.296. The summed E-state index contributed by atoms with van der Waals surface area (Å²) < 4.78 is 7.74. The normalized spacial score (nSPS) is 12.7. The number of halogens is 2. The van der Waals surface area contributed by atoms with E-state index < -0.39 is 0 Å². The first kappa shape index (κ1) is 12.8. The standard InChI is InChI=1S/C12H14ClIO/c1-12(2,3)11(8-14)15-10-6-4-9(13)5-7-10/h4-8H,1-3H3/b11-8+. The van der Waals surface area contributed by atoms with Gasteiger partial charge in [0.2, 0.25) is 0 Å². The lowest BCUT2D eigenvalue weighted by Gasteiger charge is -2.22. The fourth-order valence-electron chi connectivity index (χ4n) is 0.969. The molecule has 0 atom stereocenters. The average Bonchev–Trinajstić information content (AvgIpc) is 2.15. The Morgan fingerprint density at radius 1 is 1.27 bits per heavy atom. The summed E-state index contributed by atoms with van der Waals surface area (Å²) in [7, 11) is 0. The molecule has 0 aliphatic carbocycles. The van der Waals surface area contributed by atoms with E-state index >= 15 is 0 Å². The molecule has 15 heavy (non-hydrogen) atoms. The van der Waals surface area contributed by atoms with Gasteiger partial charge < -0.3 is 4.74 Å². The molecule has 0 bridgehead atoms. The molecule has 0 aromatic heterocycles. The van der Waals surface area contributed by atoms with E-state index in [4.69, 9.17) is 16.3 Å². The Hall–Kier alpha value is -0.220. The van der Waals surface area contributed by atoms with Crippen molar-refractivity contribution >= 4 is 34.2 Å². The van der Waals surface area contributed by atoms with Crippen LogP contribution in [0.2, 0.25) is 5.02 Å². The largest absolute Gasteiger partial charge is 0.461 e. The minimum atomic E-state index is 0.0147. The highest BCUT2D eigenvalue weighted by Gasteiger charge is 2.18. The van der Waals surface area contributed by atoms with Crippen LogP contribution in [0.25, 0.3) is 0 Å². The number of hydrogen-bond donors (Lipinski definition) is 0. The first-order chi connectivity index (χ1) is 6.93. The van der Waals surface area contributed by atoms with Crippen LogP contribution in [0.1, 0.15) is 20.8 Å². The molecular weight excluding hydrogens is 322 g/mol. The Kier molecular flexibility index (Phi) is 4.46. The van der Waals surface area contributed by atoms with E-state index in [1.54, 1.807) is 0 Å². The van der Waals surface area contributed by atoms with Gasteiger partial charge in [-0.1, -0.05) is 32.4 Å². The molecule has 0 radical (unpaired) electrons. The van der Waals surface area contributed by atoms with Crippen molar-refractivity contribution in [1.29, 1.82) is 0 Å². The second kappa shape index (κ2) is 5.21. The van der Waals surface area contributed by atoms with E-state index in [-0.39, 0.29) is 5.41 Å². The third-order valence-electron chi connectivity index (χ3n) is 1.88. The van der Waals surface area contributed by atoms with Gasteiger partial charge >= 0.3 is 0 Å². The smallest absolute Gasteiger partial charge is 0.127 e. The van der Waals surface area contributed by atoms with Gasteiger partial charge in [-0.2, -0.15) is 0 Å². The fourth-order valence-corrected chi connectivity index (χ4v) is 2.16. The lowest BCUT2D eigenvalue weighted by Crippen LogP contribution is -2.14. The monoisotopic (exact) mass is 336 g/mol. The van der Waals surface area contributed by atoms with Gasteiger partial charge in [0.25, 0.3) is 0 Å². The van der Waals surface area contributed by atoms with E-state index in [2.05, 4.69) is 43.4 Å². The minimum absolute atomic E-state index is 0.0147. The molecule has 0 N–H and O–H groups in total. The summed E-state index contributed by atoms with van der Waals surface area (Å²) in [5.74, 6) is 1.77. The van der Waals surface area contributed by atoms with Crippen LogP contribution in [-0.4, -0.2) is 0 Å². The molecular formula is C12H14ClIO. The Balaban J connectivity index is 2.81. The Bertz CT molecular complexity index is 349. The molecule has 0 saturated carbocycles. The summed E-state index contributed by atoms with van der Waals surface area (Å²) in [6.07, 6.45) is 0. The van der Waals surface area contributed by atoms with E-state index in [1.165, 1.54) is 0 Å². The molecule has 1 nitrogen and oxygen atoms in total. The van der Waals surface area contributed by atoms with E-state index in [1.807, 2.05) is 28.3 Å². The van der Waals surface area contributed by atoms with Crippen LogP contribution in [0.3, 0.4) is 0 Å². The van der Waals surface area contributed by atoms with Crippen LogP contribution < -0.4 is 4.74 Å². The summed E-state index contributed by atoms with van der Waals surface area (Å²) in [4.78, 5) is 0. The third-order valence-corrected chi connectivity index (χ3v) is 2.70. The first-order valence-corrected chi connectivity index (χ1v) is 6.30. The van der Waals surface area contributed by atoms with Crippen LogP contribution in [0, 0.1) is 5.41 Å². The van der Waals surface area contributed by atoms with E-state index in [0.29, 0.717) is 0 Å². The van der Waals surface area contributed by atoms with Crippen LogP contribution in [-0.2, 0) is 0 Å². The van der Waals surface area contributed by atoms with Crippen LogP contribution >= 0.6 is 34.2 Å². The van der Waals surface area contributed by atoms with Gasteiger partial charge in [0.05, 0.1) is 0 Å². The predicted octanol–water partition coefficient (Wildman–Crippen LogP) is 5.04. The van der Waals surface area contributed by atoms with Gasteiger partial charge in [-0.3, -0.25) is 0 Å². The van der Waals surface area contributed by atoms with Crippen molar-refractivity contribution in [3.8, 4) is 5.75 Å². The quantitative estimate of drug-likeness (QED) is 0.543. The van der Waals surface area contributed by atoms with Gasteiger partial charge in [-0.15, -0.1) is 0 Å². The van der Waals surface area contributed by atoms with Crippen LogP contribution in [0.15, 0.2) is 34.1 Å². The van der Waals surface area contributed by atoms with Crippen molar-refractivity contribution in [3.63, 3.8) is 0 Å². The maximum absolute atomic E-state index is 5.80. The SMILES string of the molecule is CC(C)(C)/C(=C\I)Oc1ccc(Cl)cc1. The zero-order chi connectivity index (χ0) is 11.5. The maximum Gasteiger partial charge on any atom is 0.127 e. The van der Waals surface area contributed by atoms with Crippen molar-refractivity contribution in [3.05, 3.63) is 39.1 Å². The Labute approximate surface area is 110 Å². The molecule has 0 saturated heterocycles. The Morgan fingerprint density at radius 3 is 2.20 bits per heavy atom. The second-order valence-corrected chi connectivity index (χ2v) is 5.34. The van der Waals surface area contributed by atoms with Crippen molar-refractivity contribution in [1.82, 2.24) is 0 Å². The van der Waals surface area contributed by atoms with Crippen molar-refractivity contribution in [2.75, 3.05) is 0 Å². The average molecular weight is 337 g/mol. The summed E-state index contributed by atoms with van der Waals surface area (Å²) in [6.45, 7) is 6.36. The predicted molar refractivity (Wildman–Crippen MR) is 73.6 cm³/mol. The van der Waals surface area contributed by atoms with Gasteiger partial charge in [-0.05, 0) is 46.9 Å². The molecule has 82 valence electrons. The zero-order valence-corrected chi connectivity index (χ0v) is 12.0. The summed E-state index contributed by atoms with van der Waals surface area (Å²) in [5, 5.41) is 0.720. The molecule has 1 rings (SSSR count). The molecule has 0 unspecified atom stereocenters. The molecule has 1 aromatic carbocycles. The number of benzene rings is 1. The second-order valence-electron chi connectivity index (χ2n) is 4.28.